The van der Waals surface area contributed by atoms with Crippen LogP contribution in [0.15, 0.2) is 18.2 Å². The van der Waals surface area contributed by atoms with E-state index >= 15 is 0 Å². The topological polar surface area (TPSA) is 42.0 Å². The molecule has 0 aliphatic heterocycles. The van der Waals surface area contributed by atoms with E-state index in [4.69, 9.17) is 0 Å². The first-order valence-electron chi connectivity index (χ1n) is 6.36. The van der Waals surface area contributed by atoms with Gasteiger partial charge in [0.05, 0.1) is 5.69 Å². The third-order valence-electron chi connectivity index (χ3n) is 3.14. The number of nitrogens with zero attached hydrogens (tertiary/aromatic N) is 1. The molecule has 3 nitrogen and oxygen atoms in total. The van der Waals surface area contributed by atoms with Gasteiger partial charge < -0.3 is 5.32 Å². The lowest BCUT2D eigenvalue weighted by atomic mass is 10.0. The van der Waals surface area contributed by atoms with E-state index in [-0.39, 0.29) is 5.91 Å². The van der Waals surface area contributed by atoms with Crippen LogP contribution in [0.25, 0.3) is 11.3 Å². The molecule has 0 bridgehead atoms. The zero-order valence-corrected chi connectivity index (χ0v) is 12.5. The summed E-state index contributed by atoms with van der Waals surface area (Å²) in [6.07, 6.45) is 0.470. The number of amides is 1. The first-order chi connectivity index (χ1) is 9.01. The van der Waals surface area contributed by atoms with Crippen molar-refractivity contribution in [1.82, 2.24) is 4.98 Å². The molecule has 0 unspecified atom stereocenters. The Labute approximate surface area is 117 Å². The molecule has 0 saturated carbocycles. The summed E-state index contributed by atoms with van der Waals surface area (Å²) in [5.41, 5.74) is 4.59. The molecule has 0 aliphatic rings. The zero-order valence-electron chi connectivity index (χ0n) is 11.7. The van der Waals surface area contributed by atoms with E-state index in [1.807, 2.05) is 13.8 Å². The Morgan fingerprint density at radius 3 is 2.63 bits per heavy atom. The van der Waals surface area contributed by atoms with Crippen molar-refractivity contribution in [3.63, 3.8) is 0 Å². The molecular formula is C15H18N2OS. The number of aryl methyl sites for hydroxylation is 3. The number of hydrogen-bond acceptors (Lipinski definition) is 3. The summed E-state index contributed by atoms with van der Waals surface area (Å²) in [6, 6.07) is 6.33. The Kier molecular flexibility index (Phi) is 4.00. The highest BCUT2D eigenvalue weighted by Gasteiger charge is 2.11. The third-order valence-corrected chi connectivity index (χ3v) is 4.03. The minimum absolute atomic E-state index is 0.000358. The molecule has 0 radical (unpaired) electrons. The van der Waals surface area contributed by atoms with Crippen LogP contribution in [-0.2, 0) is 4.79 Å². The molecule has 2 aromatic rings. The summed E-state index contributed by atoms with van der Waals surface area (Å²) in [7, 11) is 0. The summed E-state index contributed by atoms with van der Waals surface area (Å²) in [6.45, 7) is 8.06. The van der Waals surface area contributed by atoms with Gasteiger partial charge in [0, 0.05) is 16.9 Å². The van der Waals surface area contributed by atoms with E-state index < -0.39 is 0 Å². The second kappa shape index (κ2) is 5.53. The second-order valence-corrected chi connectivity index (χ2v) is 5.83. The van der Waals surface area contributed by atoms with E-state index in [0.29, 0.717) is 11.6 Å². The summed E-state index contributed by atoms with van der Waals surface area (Å²) >= 11 is 1.52. The number of carbonyl (C=O) groups is 1. The number of benzene rings is 1. The molecule has 1 amide bonds. The molecular weight excluding hydrogens is 256 g/mol. The maximum atomic E-state index is 11.4. The van der Waals surface area contributed by atoms with Gasteiger partial charge in [0.15, 0.2) is 5.13 Å². The van der Waals surface area contributed by atoms with Gasteiger partial charge in [-0.25, -0.2) is 4.98 Å². The molecule has 0 saturated heterocycles. The van der Waals surface area contributed by atoms with Crippen LogP contribution in [0.2, 0.25) is 0 Å². The van der Waals surface area contributed by atoms with Crippen LogP contribution in [0.5, 0.6) is 0 Å². The van der Waals surface area contributed by atoms with Crippen molar-refractivity contribution < 1.29 is 4.79 Å². The number of anilines is 1. The Morgan fingerprint density at radius 2 is 2.00 bits per heavy atom. The molecule has 0 aliphatic carbocycles. The minimum atomic E-state index is 0.000358. The fourth-order valence-corrected chi connectivity index (χ4v) is 2.67. The Hall–Kier alpha value is -1.68. The van der Waals surface area contributed by atoms with Crippen molar-refractivity contribution in [3.05, 3.63) is 34.2 Å². The van der Waals surface area contributed by atoms with Gasteiger partial charge >= 0.3 is 0 Å². The highest BCUT2D eigenvalue weighted by Crippen LogP contribution is 2.31. The van der Waals surface area contributed by atoms with E-state index in [0.717, 1.165) is 16.1 Å². The lowest BCUT2D eigenvalue weighted by Crippen LogP contribution is -2.08. The number of carbonyl (C=O) groups excluding carboxylic acids is 1. The summed E-state index contributed by atoms with van der Waals surface area (Å²) in [5.74, 6) is 0.000358. The quantitative estimate of drug-likeness (QED) is 0.916. The second-order valence-electron chi connectivity index (χ2n) is 4.62. The van der Waals surface area contributed by atoms with Crippen LogP contribution in [-0.4, -0.2) is 10.9 Å². The first-order valence-corrected chi connectivity index (χ1v) is 7.17. The number of rotatable bonds is 3. The highest BCUT2D eigenvalue weighted by molar-refractivity contribution is 7.16. The van der Waals surface area contributed by atoms with Gasteiger partial charge in [0.1, 0.15) is 0 Å². The molecule has 1 N–H and O–H groups in total. The Balaban J connectivity index is 2.34. The molecule has 1 aromatic carbocycles. The predicted molar refractivity (Wildman–Crippen MR) is 80.7 cm³/mol. The van der Waals surface area contributed by atoms with Crippen molar-refractivity contribution in [3.8, 4) is 11.3 Å². The molecule has 0 atom stereocenters. The van der Waals surface area contributed by atoms with E-state index in [2.05, 4.69) is 42.3 Å². The van der Waals surface area contributed by atoms with Gasteiger partial charge in [-0.1, -0.05) is 19.1 Å². The number of aromatic nitrogens is 1. The maximum absolute atomic E-state index is 11.4. The molecule has 0 fully saturated rings. The smallest absolute Gasteiger partial charge is 0.225 e. The average Bonchev–Trinajstić information content (AvgIpc) is 2.73. The van der Waals surface area contributed by atoms with Gasteiger partial charge in [0.2, 0.25) is 5.91 Å². The molecule has 4 heteroatoms. The van der Waals surface area contributed by atoms with Crippen molar-refractivity contribution >= 4 is 22.4 Å². The van der Waals surface area contributed by atoms with Crippen LogP contribution in [0.4, 0.5) is 5.13 Å². The number of thiazole rings is 1. The standard InChI is InChI=1S/C15H18N2OS/c1-5-13(18)16-15-17-14(11(4)19-15)12-7-6-9(2)10(3)8-12/h6-8H,5H2,1-4H3,(H,16,17,18). The maximum Gasteiger partial charge on any atom is 0.225 e. The SMILES string of the molecule is CCC(=O)Nc1nc(-c2ccc(C)c(C)c2)c(C)s1. The molecule has 19 heavy (non-hydrogen) atoms. The van der Waals surface area contributed by atoms with Crippen LogP contribution in [0, 0.1) is 20.8 Å². The first kappa shape index (κ1) is 13.7. The van der Waals surface area contributed by atoms with E-state index in [1.165, 1.54) is 22.5 Å². The van der Waals surface area contributed by atoms with Crippen molar-refractivity contribution in [2.24, 2.45) is 0 Å². The van der Waals surface area contributed by atoms with Crippen LogP contribution >= 0.6 is 11.3 Å². The number of nitrogens with one attached hydrogen (secondary N) is 1. The fraction of sp³-hybridized carbons (Fsp3) is 0.333. The summed E-state index contributed by atoms with van der Waals surface area (Å²) in [4.78, 5) is 17.0. The lowest BCUT2D eigenvalue weighted by Gasteiger charge is -2.03. The van der Waals surface area contributed by atoms with Gasteiger partial charge in [-0.05, 0) is 38.0 Å². The van der Waals surface area contributed by atoms with Crippen molar-refractivity contribution in [2.45, 2.75) is 34.1 Å². The average molecular weight is 274 g/mol. The lowest BCUT2D eigenvalue weighted by molar-refractivity contribution is -0.115. The van der Waals surface area contributed by atoms with Gasteiger partial charge in [-0.15, -0.1) is 11.3 Å². The fourth-order valence-electron chi connectivity index (χ4n) is 1.81. The highest BCUT2D eigenvalue weighted by atomic mass is 32.1. The van der Waals surface area contributed by atoms with Crippen molar-refractivity contribution in [1.29, 1.82) is 0 Å². The molecule has 0 spiro atoms. The molecule has 1 aromatic heterocycles. The Bertz CT molecular complexity index is 617. The van der Waals surface area contributed by atoms with E-state index in [1.54, 1.807) is 0 Å². The molecule has 100 valence electrons. The van der Waals surface area contributed by atoms with Gasteiger partial charge in [0.25, 0.3) is 0 Å². The monoisotopic (exact) mass is 274 g/mol. The van der Waals surface area contributed by atoms with Gasteiger partial charge in [-0.3, -0.25) is 4.79 Å². The third kappa shape index (κ3) is 3.01. The van der Waals surface area contributed by atoms with Gasteiger partial charge in [-0.2, -0.15) is 0 Å². The largest absolute Gasteiger partial charge is 0.302 e. The predicted octanol–water partition coefficient (Wildman–Crippen LogP) is 4.08. The van der Waals surface area contributed by atoms with Crippen LogP contribution < -0.4 is 5.32 Å². The molecule has 1 heterocycles. The molecule has 2 rings (SSSR count). The number of hydrogen-bond donors (Lipinski definition) is 1. The summed E-state index contributed by atoms with van der Waals surface area (Å²) in [5, 5.41) is 3.50. The van der Waals surface area contributed by atoms with Crippen molar-refractivity contribution in [2.75, 3.05) is 5.32 Å². The zero-order chi connectivity index (χ0) is 14.0. The van der Waals surface area contributed by atoms with Crippen LogP contribution in [0.3, 0.4) is 0 Å². The Morgan fingerprint density at radius 1 is 1.26 bits per heavy atom. The van der Waals surface area contributed by atoms with E-state index in [9.17, 15) is 4.79 Å². The summed E-state index contributed by atoms with van der Waals surface area (Å²) < 4.78 is 0. The minimum Gasteiger partial charge on any atom is -0.302 e. The normalized spacial score (nSPS) is 10.5. The van der Waals surface area contributed by atoms with Crippen LogP contribution in [0.1, 0.15) is 29.3 Å².